The lowest BCUT2D eigenvalue weighted by Gasteiger charge is -2.40. The van der Waals surface area contributed by atoms with Crippen molar-refractivity contribution in [3.8, 4) is 0 Å². The Hall–Kier alpha value is -0.800. The Morgan fingerprint density at radius 3 is 3.00 bits per heavy atom. The zero-order valence-corrected chi connectivity index (χ0v) is 9.83. The fourth-order valence-electron chi connectivity index (χ4n) is 1.98. The lowest BCUT2D eigenvalue weighted by Crippen LogP contribution is -2.55. The van der Waals surface area contributed by atoms with E-state index >= 15 is 0 Å². The predicted octanol–water partition coefficient (Wildman–Crippen LogP) is 1.92. The van der Waals surface area contributed by atoms with Crippen molar-refractivity contribution in [2.45, 2.75) is 25.9 Å². The molecule has 1 saturated heterocycles. The molecule has 82 valence electrons. The molecule has 0 aliphatic carbocycles. The maximum atomic E-state index is 5.94. The third kappa shape index (κ3) is 2.24. The molecule has 1 fully saturated rings. The number of halogens is 1. The van der Waals surface area contributed by atoms with Gasteiger partial charge in [-0.25, -0.2) is 0 Å². The largest absolute Gasteiger partial charge is 0.365 e. The summed E-state index contributed by atoms with van der Waals surface area (Å²) >= 11 is 5.94. The normalized spacial score (nSPS) is 26.7. The summed E-state index contributed by atoms with van der Waals surface area (Å²) in [6.07, 6.45) is 3.54. The number of hydrogen-bond donors (Lipinski definition) is 1. The molecule has 2 atom stereocenters. The van der Waals surface area contributed by atoms with Crippen molar-refractivity contribution in [1.82, 2.24) is 10.3 Å². The molecule has 1 aromatic rings. The van der Waals surface area contributed by atoms with Crippen LogP contribution in [0.25, 0.3) is 0 Å². The van der Waals surface area contributed by atoms with Gasteiger partial charge in [0.2, 0.25) is 0 Å². The summed E-state index contributed by atoms with van der Waals surface area (Å²) in [6.45, 7) is 6.44. The molecule has 1 aliphatic heterocycles. The van der Waals surface area contributed by atoms with E-state index in [1.165, 1.54) is 0 Å². The highest BCUT2D eigenvalue weighted by Gasteiger charge is 2.24. The zero-order chi connectivity index (χ0) is 10.8. The first-order valence-electron chi connectivity index (χ1n) is 5.29. The number of anilines is 1. The standard InChI is InChI=1S/C11H16ClN3/c1-8-9(2)15(4-3-14-8)11-5-10(12)6-13-7-11/h5-9,14H,3-4H2,1-2H3. The van der Waals surface area contributed by atoms with Crippen LogP contribution in [-0.4, -0.2) is 30.2 Å². The van der Waals surface area contributed by atoms with Gasteiger partial charge >= 0.3 is 0 Å². The lowest BCUT2D eigenvalue weighted by atomic mass is 10.1. The summed E-state index contributed by atoms with van der Waals surface area (Å²) in [7, 11) is 0. The van der Waals surface area contributed by atoms with Crippen LogP contribution in [0.4, 0.5) is 5.69 Å². The van der Waals surface area contributed by atoms with Crippen LogP contribution in [0.15, 0.2) is 18.5 Å². The van der Waals surface area contributed by atoms with Crippen LogP contribution < -0.4 is 10.2 Å². The highest BCUT2D eigenvalue weighted by molar-refractivity contribution is 6.30. The summed E-state index contributed by atoms with van der Waals surface area (Å²) in [5, 5.41) is 4.15. The molecule has 0 saturated carbocycles. The highest BCUT2D eigenvalue weighted by atomic mass is 35.5. The number of nitrogens with zero attached hydrogens (tertiary/aromatic N) is 2. The molecule has 1 aromatic heterocycles. The van der Waals surface area contributed by atoms with Crippen molar-refractivity contribution in [2.75, 3.05) is 18.0 Å². The molecule has 0 spiro atoms. The minimum Gasteiger partial charge on any atom is -0.365 e. The van der Waals surface area contributed by atoms with Gasteiger partial charge in [0.1, 0.15) is 0 Å². The van der Waals surface area contributed by atoms with E-state index in [0.29, 0.717) is 17.1 Å². The van der Waals surface area contributed by atoms with Gasteiger partial charge in [0.25, 0.3) is 0 Å². The van der Waals surface area contributed by atoms with Crippen molar-refractivity contribution in [2.24, 2.45) is 0 Å². The van der Waals surface area contributed by atoms with Gasteiger partial charge < -0.3 is 10.2 Å². The number of rotatable bonds is 1. The second-order valence-corrected chi connectivity index (χ2v) is 4.47. The molecule has 0 bridgehead atoms. The zero-order valence-electron chi connectivity index (χ0n) is 9.07. The van der Waals surface area contributed by atoms with Gasteiger partial charge in [0.15, 0.2) is 0 Å². The van der Waals surface area contributed by atoms with Crippen LogP contribution in [0.1, 0.15) is 13.8 Å². The maximum Gasteiger partial charge on any atom is 0.0609 e. The topological polar surface area (TPSA) is 28.2 Å². The van der Waals surface area contributed by atoms with E-state index in [2.05, 4.69) is 29.0 Å². The third-order valence-corrected chi connectivity index (χ3v) is 3.26. The molecule has 4 heteroatoms. The SMILES string of the molecule is CC1NCCN(c2cncc(Cl)c2)C1C. The number of nitrogens with one attached hydrogen (secondary N) is 1. The van der Waals surface area contributed by atoms with Crippen molar-refractivity contribution >= 4 is 17.3 Å². The molecule has 1 N–H and O–H groups in total. The molecule has 15 heavy (non-hydrogen) atoms. The number of piperazine rings is 1. The Balaban J connectivity index is 2.22. The van der Waals surface area contributed by atoms with Crippen LogP contribution in [0.5, 0.6) is 0 Å². The summed E-state index contributed by atoms with van der Waals surface area (Å²) in [6, 6.07) is 2.94. The van der Waals surface area contributed by atoms with Gasteiger partial charge in [0, 0.05) is 31.4 Å². The Morgan fingerprint density at radius 1 is 1.47 bits per heavy atom. The average molecular weight is 226 g/mol. The van der Waals surface area contributed by atoms with Crippen molar-refractivity contribution in [3.05, 3.63) is 23.5 Å². The van der Waals surface area contributed by atoms with Gasteiger partial charge in [0.05, 0.1) is 16.9 Å². The first-order valence-corrected chi connectivity index (χ1v) is 5.67. The minimum absolute atomic E-state index is 0.471. The molecule has 2 heterocycles. The monoisotopic (exact) mass is 225 g/mol. The molecule has 0 aromatic carbocycles. The van der Waals surface area contributed by atoms with Crippen molar-refractivity contribution in [1.29, 1.82) is 0 Å². The van der Waals surface area contributed by atoms with Crippen molar-refractivity contribution in [3.63, 3.8) is 0 Å². The Labute approximate surface area is 95.4 Å². The molecular weight excluding hydrogens is 210 g/mol. The van der Waals surface area contributed by atoms with Crippen LogP contribution in [0, 0.1) is 0 Å². The van der Waals surface area contributed by atoms with Crippen LogP contribution in [0.3, 0.4) is 0 Å². The molecular formula is C11H16ClN3. The van der Waals surface area contributed by atoms with Crippen molar-refractivity contribution < 1.29 is 0 Å². The summed E-state index contributed by atoms with van der Waals surface area (Å²) < 4.78 is 0. The molecule has 0 amide bonds. The first-order chi connectivity index (χ1) is 7.18. The number of hydrogen-bond acceptors (Lipinski definition) is 3. The van der Waals surface area contributed by atoms with E-state index < -0.39 is 0 Å². The minimum atomic E-state index is 0.471. The predicted molar refractivity (Wildman–Crippen MR) is 63.5 cm³/mol. The Bertz CT molecular complexity index is 342. The van der Waals surface area contributed by atoms with E-state index in [0.717, 1.165) is 18.8 Å². The molecule has 1 aliphatic rings. The second-order valence-electron chi connectivity index (χ2n) is 4.04. The first kappa shape index (κ1) is 10.7. The Morgan fingerprint density at radius 2 is 2.27 bits per heavy atom. The summed E-state index contributed by atoms with van der Waals surface area (Å²) in [5.41, 5.74) is 1.11. The van der Waals surface area contributed by atoms with Crippen LogP contribution in [-0.2, 0) is 0 Å². The van der Waals surface area contributed by atoms with Crippen LogP contribution >= 0.6 is 11.6 Å². The smallest absolute Gasteiger partial charge is 0.0609 e. The quantitative estimate of drug-likeness (QED) is 0.792. The van der Waals surface area contributed by atoms with E-state index in [1.54, 1.807) is 6.20 Å². The summed E-state index contributed by atoms with van der Waals surface area (Å²) in [5.74, 6) is 0. The van der Waals surface area contributed by atoms with Gasteiger partial charge in [-0.2, -0.15) is 0 Å². The molecule has 2 rings (SSSR count). The second kappa shape index (κ2) is 4.37. The van der Waals surface area contributed by atoms with Gasteiger partial charge in [-0.1, -0.05) is 11.6 Å². The molecule has 3 nitrogen and oxygen atoms in total. The van der Waals surface area contributed by atoms with Crippen LogP contribution in [0.2, 0.25) is 5.02 Å². The van der Waals surface area contributed by atoms with Gasteiger partial charge in [-0.05, 0) is 19.9 Å². The number of pyridine rings is 1. The highest BCUT2D eigenvalue weighted by Crippen LogP contribution is 2.22. The molecule has 2 unspecified atom stereocenters. The van der Waals surface area contributed by atoms with Gasteiger partial charge in [-0.3, -0.25) is 4.98 Å². The van der Waals surface area contributed by atoms with E-state index in [-0.39, 0.29) is 0 Å². The lowest BCUT2D eigenvalue weighted by molar-refractivity contribution is 0.404. The maximum absolute atomic E-state index is 5.94. The van der Waals surface area contributed by atoms with Gasteiger partial charge in [-0.15, -0.1) is 0 Å². The fourth-order valence-corrected chi connectivity index (χ4v) is 2.15. The van der Waals surface area contributed by atoms with E-state index in [1.807, 2.05) is 12.3 Å². The van der Waals surface area contributed by atoms with E-state index in [4.69, 9.17) is 11.6 Å². The fraction of sp³-hybridized carbons (Fsp3) is 0.545. The average Bonchev–Trinajstić information content (AvgIpc) is 2.22. The molecule has 0 radical (unpaired) electrons. The number of aromatic nitrogens is 1. The summed E-state index contributed by atoms with van der Waals surface area (Å²) in [4.78, 5) is 6.47. The Kier molecular flexibility index (Phi) is 3.12. The van der Waals surface area contributed by atoms with E-state index in [9.17, 15) is 0 Å². The third-order valence-electron chi connectivity index (χ3n) is 3.06.